The monoisotopic (exact) mass is 376 g/mol. The molecule has 2 aliphatic rings. The smallest absolute Gasteiger partial charge is 0.163 e. The van der Waals surface area contributed by atoms with Gasteiger partial charge in [0.05, 0.1) is 5.02 Å². The number of halogens is 2. The average molecular weight is 377 g/mol. The first-order valence-corrected chi connectivity index (χ1v) is 10.2. The molecular formula is C23H30ClFO. The second-order valence-electron chi connectivity index (χ2n) is 9.33. The molecule has 1 aromatic carbocycles. The van der Waals surface area contributed by atoms with Gasteiger partial charge in [0.15, 0.2) is 5.78 Å². The summed E-state index contributed by atoms with van der Waals surface area (Å²) in [7, 11) is 0. The largest absolute Gasteiger partial charge is 0.294 e. The number of benzene rings is 1. The molecule has 3 heteroatoms. The Morgan fingerprint density at radius 3 is 2.42 bits per heavy atom. The first-order chi connectivity index (χ1) is 12.2. The average Bonchev–Trinajstić information content (AvgIpc) is 2.57. The van der Waals surface area contributed by atoms with Crippen LogP contribution in [0.25, 0.3) is 5.57 Å². The topological polar surface area (TPSA) is 17.1 Å². The van der Waals surface area contributed by atoms with Gasteiger partial charge in [0.25, 0.3) is 0 Å². The zero-order chi connectivity index (χ0) is 19.1. The molecule has 3 rings (SSSR count). The number of allylic oxidation sites excluding steroid dienone is 2. The fourth-order valence-electron chi connectivity index (χ4n) is 5.10. The molecule has 0 bridgehead atoms. The molecule has 0 radical (unpaired) electrons. The lowest BCUT2D eigenvalue weighted by atomic mass is 9.55. The molecule has 1 fully saturated rings. The van der Waals surface area contributed by atoms with E-state index in [1.54, 1.807) is 12.1 Å². The summed E-state index contributed by atoms with van der Waals surface area (Å²) in [6.45, 7) is 9.20. The molecule has 0 N–H and O–H groups in total. The van der Waals surface area contributed by atoms with E-state index in [1.165, 1.54) is 18.9 Å². The number of hydrogen-bond donors (Lipinski definition) is 0. The molecule has 0 amide bonds. The Hall–Kier alpha value is -1.15. The predicted octanol–water partition coefficient (Wildman–Crippen LogP) is 7.08. The molecule has 1 nitrogen and oxygen atoms in total. The van der Waals surface area contributed by atoms with Crippen molar-refractivity contribution in [1.82, 2.24) is 0 Å². The standard InChI is InChI=1S/C23H30ClFO/c1-5-16-13-18(15-6-7-20(25)19(24)12-15)21(26)14-23(16)10-8-17(9-11-23)22(2,3)4/h6-7,12-13,16-17H,5,8-11,14H2,1-4H3. The number of hydrogen-bond acceptors (Lipinski definition) is 1. The van der Waals surface area contributed by atoms with E-state index in [0.717, 1.165) is 36.3 Å². The summed E-state index contributed by atoms with van der Waals surface area (Å²) in [5, 5.41) is 0.0789. The van der Waals surface area contributed by atoms with Crippen molar-refractivity contribution < 1.29 is 9.18 Å². The summed E-state index contributed by atoms with van der Waals surface area (Å²) in [6.07, 6.45) is 8.49. The van der Waals surface area contributed by atoms with E-state index in [1.807, 2.05) is 0 Å². The minimum Gasteiger partial charge on any atom is -0.294 e. The maximum atomic E-state index is 13.5. The first kappa shape index (κ1) is 19.6. The summed E-state index contributed by atoms with van der Waals surface area (Å²) in [6, 6.07) is 4.61. The van der Waals surface area contributed by atoms with Crippen molar-refractivity contribution >= 4 is 23.0 Å². The van der Waals surface area contributed by atoms with Crippen LogP contribution in [0.2, 0.25) is 5.02 Å². The summed E-state index contributed by atoms with van der Waals surface area (Å²) >= 11 is 5.94. The Labute approximate surface area is 162 Å². The van der Waals surface area contributed by atoms with Crippen LogP contribution < -0.4 is 0 Å². The van der Waals surface area contributed by atoms with E-state index in [9.17, 15) is 9.18 Å². The normalized spacial score (nSPS) is 29.8. The number of carbonyl (C=O) groups excluding carboxylic acids is 1. The third kappa shape index (κ3) is 3.63. The van der Waals surface area contributed by atoms with Crippen LogP contribution in [0.5, 0.6) is 0 Å². The fourth-order valence-corrected chi connectivity index (χ4v) is 5.28. The number of rotatable bonds is 2. The van der Waals surface area contributed by atoms with Crippen LogP contribution >= 0.6 is 11.6 Å². The van der Waals surface area contributed by atoms with E-state index < -0.39 is 5.82 Å². The first-order valence-electron chi connectivity index (χ1n) is 9.87. The number of Topliss-reactive ketones (excluding diaryl/α,β-unsaturated/α-hetero) is 1. The quantitative estimate of drug-likeness (QED) is 0.538. The van der Waals surface area contributed by atoms with Gasteiger partial charge in [-0.2, -0.15) is 0 Å². The molecular weight excluding hydrogens is 347 g/mol. The van der Waals surface area contributed by atoms with Crippen molar-refractivity contribution in [3.05, 3.63) is 40.7 Å². The van der Waals surface area contributed by atoms with Crippen LogP contribution in [0.1, 0.15) is 71.8 Å². The van der Waals surface area contributed by atoms with Gasteiger partial charge in [-0.15, -0.1) is 0 Å². The molecule has 2 aliphatic carbocycles. The zero-order valence-electron chi connectivity index (χ0n) is 16.4. The molecule has 1 unspecified atom stereocenters. The summed E-state index contributed by atoms with van der Waals surface area (Å²) in [4.78, 5) is 13.0. The van der Waals surface area contributed by atoms with E-state index in [0.29, 0.717) is 17.8 Å². The molecule has 0 aliphatic heterocycles. The lowest BCUT2D eigenvalue weighted by Gasteiger charge is -2.49. The molecule has 0 aromatic heterocycles. The Morgan fingerprint density at radius 2 is 1.88 bits per heavy atom. The summed E-state index contributed by atoms with van der Waals surface area (Å²) < 4.78 is 13.5. The van der Waals surface area contributed by atoms with Crippen LogP contribution in [0.15, 0.2) is 24.3 Å². The highest BCUT2D eigenvalue weighted by molar-refractivity contribution is 6.31. The van der Waals surface area contributed by atoms with Crippen molar-refractivity contribution in [3.63, 3.8) is 0 Å². The lowest BCUT2D eigenvalue weighted by molar-refractivity contribution is -0.118. The Balaban J connectivity index is 1.88. The Morgan fingerprint density at radius 1 is 1.23 bits per heavy atom. The van der Waals surface area contributed by atoms with Crippen LogP contribution in [-0.2, 0) is 4.79 Å². The van der Waals surface area contributed by atoms with Crippen molar-refractivity contribution in [1.29, 1.82) is 0 Å². The van der Waals surface area contributed by atoms with Gasteiger partial charge < -0.3 is 0 Å². The van der Waals surface area contributed by atoms with Gasteiger partial charge in [-0.1, -0.05) is 51.4 Å². The predicted molar refractivity (Wildman–Crippen MR) is 107 cm³/mol. The molecule has 1 saturated carbocycles. The second-order valence-corrected chi connectivity index (χ2v) is 9.73. The van der Waals surface area contributed by atoms with Crippen LogP contribution in [0, 0.1) is 28.5 Å². The van der Waals surface area contributed by atoms with Crippen molar-refractivity contribution in [2.24, 2.45) is 22.7 Å². The fraction of sp³-hybridized carbons (Fsp3) is 0.609. The Kier molecular flexibility index (Phi) is 5.36. The highest BCUT2D eigenvalue weighted by Gasteiger charge is 2.46. The highest BCUT2D eigenvalue weighted by Crippen LogP contribution is 2.55. The SMILES string of the molecule is CCC1C=C(c2ccc(F)c(Cl)c2)C(=O)CC12CCC(C(C)(C)C)CC2. The molecule has 1 atom stereocenters. The summed E-state index contributed by atoms with van der Waals surface area (Å²) in [5.41, 5.74) is 1.93. The van der Waals surface area contributed by atoms with Crippen LogP contribution in [0.3, 0.4) is 0 Å². The van der Waals surface area contributed by atoms with E-state index >= 15 is 0 Å². The number of carbonyl (C=O) groups is 1. The lowest BCUT2D eigenvalue weighted by Crippen LogP contribution is -2.41. The van der Waals surface area contributed by atoms with Gasteiger partial charge >= 0.3 is 0 Å². The molecule has 26 heavy (non-hydrogen) atoms. The van der Waals surface area contributed by atoms with Crippen LogP contribution in [-0.4, -0.2) is 5.78 Å². The highest BCUT2D eigenvalue weighted by atomic mass is 35.5. The zero-order valence-corrected chi connectivity index (χ0v) is 17.1. The van der Waals surface area contributed by atoms with Gasteiger partial charge in [-0.3, -0.25) is 4.79 Å². The van der Waals surface area contributed by atoms with E-state index in [4.69, 9.17) is 11.6 Å². The number of ketones is 1. The summed E-state index contributed by atoms with van der Waals surface area (Å²) in [5.74, 6) is 0.886. The minimum atomic E-state index is -0.441. The molecule has 1 spiro atoms. The Bertz CT molecular complexity index is 720. The van der Waals surface area contributed by atoms with Crippen molar-refractivity contribution in [2.75, 3.05) is 0 Å². The third-order valence-corrected chi connectivity index (χ3v) is 7.13. The molecule has 142 valence electrons. The van der Waals surface area contributed by atoms with Gasteiger partial charge in [-0.25, -0.2) is 4.39 Å². The van der Waals surface area contributed by atoms with Crippen molar-refractivity contribution in [3.8, 4) is 0 Å². The minimum absolute atomic E-state index is 0.0789. The molecule has 0 heterocycles. The van der Waals surface area contributed by atoms with Gasteiger partial charge in [0.2, 0.25) is 0 Å². The maximum absolute atomic E-state index is 13.5. The van der Waals surface area contributed by atoms with Crippen molar-refractivity contribution in [2.45, 2.75) is 66.2 Å². The van der Waals surface area contributed by atoms with Crippen LogP contribution in [0.4, 0.5) is 4.39 Å². The van der Waals surface area contributed by atoms with Gasteiger partial charge in [0.1, 0.15) is 5.82 Å². The van der Waals surface area contributed by atoms with E-state index in [-0.39, 0.29) is 16.2 Å². The third-order valence-electron chi connectivity index (χ3n) is 6.84. The molecule has 1 aromatic rings. The maximum Gasteiger partial charge on any atom is 0.163 e. The van der Waals surface area contributed by atoms with Gasteiger partial charge in [-0.05, 0) is 72.5 Å². The van der Waals surface area contributed by atoms with Gasteiger partial charge in [0, 0.05) is 12.0 Å². The molecule has 0 saturated heterocycles. The second kappa shape index (κ2) is 7.11. The van der Waals surface area contributed by atoms with E-state index in [2.05, 4.69) is 33.8 Å².